The average Bonchev–Trinajstić information content (AvgIpc) is 3.03. The number of hydrogen-bond acceptors (Lipinski definition) is 4. The van der Waals surface area contributed by atoms with Gasteiger partial charge in [0, 0.05) is 41.1 Å². The summed E-state index contributed by atoms with van der Waals surface area (Å²) in [5.74, 6) is 0.432. The Kier molecular flexibility index (Phi) is 5.13. The molecular formula is C24H24FN5. The molecule has 0 unspecified atom stereocenters. The molecule has 152 valence electrons. The van der Waals surface area contributed by atoms with Gasteiger partial charge in [0.1, 0.15) is 11.5 Å². The number of aromatic amines is 1. The van der Waals surface area contributed by atoms with Crippen LogP contribution in [-0.4, -0.2) is 26.0 Å². The van der Waals surface area contributed by atoms with Gasteiger partial charge >= 0.3 is 0 Å². The topological polar surface area (TPSA) is 66.5 Å². The molecule has 1 aromatic carbocycles. The molecule has 5 rings (SSSR count). The molecule has 1 saturated carbocycles. The van der Waals surface area contributed by atoms with E-state index in [4.69, 9.17) is 4.98 Å². The molecule has 30 heavy (non-hydrogen) atoms. The number of nitrogens with zero attached hydrogens (tertiary/aromatic N) is 3. The maximum absolute atomic E-state index is 13.3. The minimum Gasteiger partial charge on any atom is -0.351 e. The van der Waals surface area contributed by atoms with E-state index in [1.54, 1.807) is 24.5 Å². The zero-order valence-electron chi connectivity index (χ0n) is 16.7. The Balaban J connectivity index is 1.47. The number of H-pyrrole nitrogens is 1. The minimum atomic E-state index is -0.246. The number of halogens is 1. The Bertz CT molecular complexity index is 1140. The van der Waals surface area contributed by atoms with E-state index in [-0.39, 0.29) is 5.82 Å². The molecule has 0 aliphatic heterocycles. The molecule has 0 atom stereocenters. The number of hydrogen-bond donors (Lipinski definition) is 2. The lowest BCUT2D eigenvalue weighted by atomic mass is 10.0. The normalized spacial score (nSPS) is 15.2. The van der Waals surface area contributed by atoms with Crippen LogP contribution < -0.4 is 5.32 Å². The third-order valence-corrected chi connectivity index (χ3v) is 5.83. The minimum absolute atomic E-state index is 0.246. The van der Waals surface area contributed by atoms with Crippen molar-refractivity contribution in [3.05, 3.63) is 60.8 Å². The highest BCUT2D eigenvalue weighted by molar-refractivity contribution is 5.95. The summed E-state index contributed by atoms with van der Waals surface area (Å²) in [5.41, 5.74) is 4.50. The van der Waals surface area contributed by atoms with Crippen molar-refractivity contribution in [3.63, 3.8) is 0 Å². The monoisotopic (exact) mass is 401 g/mol. The fraction of sp³-hybridized carbons (Fsp3) is 0.292. The molecule has 1 aliphatic rings. The van der Waals surface area contributed by atoms with Gasteiger partial charge in [0.2, 0.25) is 5.95 Å². The van der Waals surface area contributed by atoms with Gasteiger partial charge in [0.05, 0.1) is 5.69 Å². The van der Waals surface area contributed by atoms with Crippen molar-refractivity contribution in [2.24, 2.45) is 0 Å². The fourth-order valence-electron chi connectivity index (χ4n) is 4.20. The number of benzene rings is 1. The summed E-state index contributed by atoms with van der Waals surface area (Å²) in [5, 5.41) is 4.51. The first-order chi connectivity index (χ1) is 14.8. The predicted molar refractivity (Wildman–Crippen MR) is 118 cm³/mol. The van der Waals surface area contributed by atoms with Crippen molar-refractivity contribution in [3.8, 4) is 22.4 Å². The predicted octanol–water partition coefficient (Wildman–Crippen LogP) is 5.96. The van der Waals surface area contributed by atoms with E-state index in [9.17, 15) is 4.39 Å². The van der Waals surface area contributed by atoms with Gasteiger partial charge in [-0.2, -0.15) is 0 Å². The standard InChI is InChI=1S/C24H24FN5/c25-18-9-7-16(8-10-18)17-13-20-21(15-28-23(20)27-14-17)22-11-12-26-24(30-22)29-19-5-3-1-2-4-6-19/h7-15,19H,1-6H2,(H,27,28)(H,26,29,30). The summed E-state index contributed by atoms with van der Waals surface area (Å²) in [6, 6.07) is 10.9. The molecular weight excluding hydrogens is 377 g/mol. The molecule has 1 aliphatic carbocycles. The number of fused-ring (bicyclic) bond motifs is 1. The van der Waals surface area contributed by atoms with Crippen LogP contribution in [0.15, 0.2) is 55.0 Å². The molecule has 3 aromatic heterocycles. The van der Waals surface area contributed by atoms with Crippen LogP contribution in [0.4, 0.5) is 10.3 Å². The van der Waals surface area contributed by atoms with Crippen LogP contribution in [0.5, 0.6) is 0 Å². The Morgan fingerprint density at radius 3 is 2.53 bits per heavy atom. The van der Waals surface area contributed by atoms with Gasteiger partial charge in [-0.15, -0.1) is 0 Å². The third kappa shape index (κ3) is 3.90. The highest BCUT2D eigenvalue weighted by atomic mass is 19.1. The molecule has 0 saturated heterocycles. The molecule has 0 spiro atoms. The molecule has 2 N–H and O–H groups in total. The van der Waals surface area contributed by atoms with Crippen LogP contribution in [-0.2, 0) is 0 Å². The number of anilines is 1. The number of nitrogens with one attached hydrogen (secondary N) is 2. The van der Waals surface area contributed by atoms with E-state index >= 15 is 0 Å². The van der Waals surface area contributed by atoms with Gasteiger partial charge in [-0.3, -0.25) is 0 Å². The summed E-state index contributed by atoms with van der Waals surface area (Å²) in [4.78, 5) is 17.0. The molecule has 3 heterocycles. The summed E-state index contributed by atoms with van der Waals surface area (Å²) in [7, 11) is 0. The van der Waals surface area contributed by atoms with Gasteiger partial charge in [-0.1, -0.05) is 37.8 Å². The third-order valence-electron chi connectivity index (χ3n) is 5.83. The number of pyridine rings is 1. The quantitative estimate of drug-likeness (QED) is 0.414. The highest BCUT2D eigenvalue weighted by Gasteiger charge is 2.15. The van der Waals surface area contributed by atoms with Crippen molar-refractivity contribution in [1.29, 1.82) is 0 Å². The molecule has 0 amide bonds. The highest BCUT2D eigenvalue weighted by Crippen LogP contribution is 2.30. The summed E-state index contributed by atoms with van der Waals surface area (Å²) < 4.78 is 13.3. The van der Waals surface area contributed by atoms with Gasteiger partial charge in [-0.25, -0.2) is 19.3 Å². The Labute approximate surface area is 174 Å². The maximum Gasteiger partial charge on any atom is 0.223 e. The van der Waals surface area contributed by atoms with Crippen LogP contribution in [0.3, 0.4) is 0 Å². The van der Waals surface area contributed by atoms with E-state index in [1.165, 1.54) is 50.7 Å². The Morgan fingerprint density at radius 2 is 1.73 bits per heavy atom. The van der Waals surface area contributed by atoms with Gasteiger partial charge in [-0.05, 0) is 42.7 Å². The molecule has 6 heteroatoms. The maximum atomic E-state index is 13.3. The summed E-state index contributed by atoms with van der Waals surface area (Å²) in [6.45, 7) is 0. The van der Waals surface area contributed by atoms with Crippen LogP contribution in [0.1, 0.15) is 38.5 Å². The SMILES string of the molecule is Fc1ccc(-c2cnc3[nH]cc(-c4ccnc(NC5CCCCCC5)n4)c3c2)cc1. The van der Waals surface area contributed by atoms with Crippen molar-refractivity contribution < 1.29 is 4.39 Å². The van der Waals surface area contributed by atoms with Crippen molar-refractivity contribution >= 4 is 17.0 Å². The average molecular weight is 401 g/mol. The molecule has 4 aromatic rings. The van der Waals surface area contributed by atoms with Crippen LogP contribution >= 0.6 is 0 Å². The number of aromatic nitrogens is 4. The Hall–Kier alpha value is -3.28. The fourth-order valence-corrected chi connectivity index (χ4v) is 4.20. The molecule has 0 radical (unpaired) electrons. The zero-order chi connectivity index (χ0) is 20.3. The lowest BCUT2D eigenvalue weighted by Crippen LogP contribution is -2.19. The first kappa shape index (κ1) is 18.7. The largest absolute Gasteiger partial charge is 0.351 e. The van der Waals surface area contributed by atoms with E-state index < -0.39 is 0 Å². The lowest BCUT2D eigenvalue weighted by Gasteiger charge is -2.16. The second-order valence-electron chi connectivity index (χ2n) is 7.93. The summed E-state index contributed by atoms with van der Waals surface area (Å²) >= 11 is 0. The van der Waals surface area contributed by atoms with Crippen LogP contribution in [0.2, 0.25) is 0 Å². The zero-order valence-corrected chi connectivity index (χ0v) is 16.7. The molecule has 5 nitrogen and oxygen atoms in total. The Morgan fingerprint density at radius 1 is 0.933 bits per heavy atom. The van der Waals surface area contributed by atoms with E-state index in [2.05, 4.69) is 26.3 Å². The van der Waals surface area contributed by atoms with Gasteiger partial charge in [0.15, 0.2) is 0 Å². The van der Waals surface area contributed by atoms with Crippen molar-refractivity contribution in [1.82, 2.24) is 19.9 Å². The second-order valence-corrected chi connectivity index (χ2v) is 7.93. The van der Waals surface area contributed by atoms with E-state index in [0.717, 1.165) is 33.4 Å². The van der Waals surface area contributed by atoms with Crippen LogP contribution in [0, 0.1) is 5.82 Å². The van der Waals surface area contributed by atoms with E-state index in [1.807, 2.05) is 12.3 Å². The first-order valence-corrected chi connectivity index (χ1v) is 10.6. The van der Waals surface area contributed by atoms with E-state index in [0.29, 0.717) is 12.0 Å². The van der Waals surface area contributed by atoms with Crippen LogP contribution in [0.25, 0.3) is 33.4 Å². The van der Waals surface area contributed by atoms with Gasteiger partial charge < -0.3 is 10.3 Å². The van der Waals surface area contributed by atoms with Crippen molar-refractivity contribution in [2.75, 3.05) is 5.32 Å². The van der Waals surface area contributed by atoms with Gasteiger partial charge in [0.25, 0.3) is 0 Å². The second kappa shape index (κ2) is 8.22. The smallest absolute Gasteiger partial charge is 0.223 e. The number of rotatable bonds is 4. The summed E-state index contributed by atoms with van der Waals surface area (Å²) in [6.07, 6.45) is 13.0. The molecule has 0 bridgehead atoms. The lowest BCUT2D eigenvalue weighted by molar-refractivity contribution is 0.615. The molecule has 1 fully saturated rings. The van der Waals surface area contributed by atoms with Crippen molar-refractivity contribution in [2.45, 2.75) is 44.6 Å². The first-order valence-electron chi connectivity index (χ1n) is 10.6.